The van der Waals surface area contributed by atoms with Crippen molar-refractivity contribution in [1.29, 1.82) is 0 Å². The number of anilines is 2. The fourth-order valence-electron chi connectivity index (χ4n) is 2.25. The maximum absolute atomic E-state index is 12.2. The number of esters is 1. The monoisotopic (exact) mass is 356 g/mol. The topological polar surface area (TPSA) is 83.6 Å². The molecule has 2 N–H and O–H groups in total. The minimum atomic E-state index is -0.409. The van der Waals surface area contributed by atoms with E-state index in [2.05, 4.69) is 15.6 Å². The van der Waals surface area contributed by atoms with Crippen LogP contribution in [0, 0.1) is 0 Å². The van der Waals surface area contributed by atoms with E-state index in [0.717, 1.165) is 6.54 Å². The molecule has 1 amide bonds. The van der Waals surface area contributed by atoms with E-state index in [-0.39, 0.29) is 5.91 Å². The van der Waals surface area contributed by atoms with E-state index in [1.54, 1.807) is 43.5 Å². The zero-order valence-electron chi connectivity index (χ0n) is 15.3. The van der Waals surface area contributed by atoms with Crippen molar-refractivity contribution in [2.45, 2.75) is 6.92 Å². The summed E-state index contributed by atoms with van der Waals surface area (Å²) < 4.78 is 5.06. The Morgan fingerprint density at radius 3 is 2.69 bits per heavy atom. The molecule has 0 aliphatic rings. The molecule has 138 valence electrons. The summed E-state index contributed by atoms with van der Waals surface area (Å²) in [7, 11) is 3.89. The number of amides is 1. The van der Waals surface area contributed by atoms with Gasteiger partial charge in [0.1, 0.15) is 5.82 Å². The zero-order chi connectivity index (χ0) is 18.9. The number of carbonyl (C=O) groups is 2. The number of hydrogen-bond donors (Lipinski definition) is 2. The number of para-hydroxylation sites is 1. The number of likely N-dealkylation sites (N-methyl/N-ethyl adjacent to an activating group) is 1. The molecule has 0 aliphatic carbocycles. The molecule has 0 aliphatic heterocycles. The Balaban J connectivity index is 2.12. The Labute approximate surface area is 153 Å². The first-order valence-electron chi connectivity index (χ1n) is 8.43. The van der Waals surface area contributed by atoms with Gasteiger partial charge in [0.05, 0.1) is 17.9 Å². The van der Waals surface area contributed by atoms with Gasteiger partial charge >= 0.3 is 5.97 Å². The van der Waals surface area contributed by atoms with E-state index < -0.39 is 5.97 Å². The highest BCUT2D eigenvalue weighted by atomic mass is 16.5. The number of hydrogen-bond acceptors (Lipinski definition) is 6. The fraction of sp³-hybridized carbons (Fsp3) is 0.316. The number of benzene rings is 1. The summed E-state index contributed by atoms with van der Waals surface area (Å²) in [5, 5.41) is 5.94. The fourth-order valence-corrected chi connectivity index (χ4v) is 2.25. The summed E-state index contributed by atoms with van der Waals surface area (Å²) in [6.07, 6.45) is 1.55. The van der Waals surface area contributed by atoms with Crippen molar-refractivity contribution < 1.29 is 14.3 Å². The smallest absolute Gasteiger partial charge is 0.340 e. The third-order valence-electron chi connectivity index (χ3n) is 3.55. The number of aromatic nitrogens is 1. The molecule has 0 bridgehead atoms. The van der Waals surface area contributed by atoms with Gasteiger partial charge in [-0.05, 0) is 45.3 Å². The number of pyridine rings is 1. The summed E-state index contributed by atoms with van der Waals surface area (Å²) in [6.45, 7) is 3.37. The molecule has 7 nitrogen and oxygen atoms in total. The largest absolute Gasteiger partial charge is 0.462 e. The number of nitrogens with one attached hydrogen (secondary N) is 2. The molecule has 1 heterocycles. The van der Waals surface area contributed by atoms with Gasteiger partial charge in [-0.2, -0.15) is 0 Å². The molecule has 2 rings (SSSR count). The third kappa shape index (κ3) is 5.56. The van der Waals surface area contributed by atoms with Crippen molar-refractivity contribution in [1.82, 2.24) is 15.2 Å². The van der Waals surface area contributed by atoms with Crippen LogP contribution in [0.2, 0.25) is 0 Å². The molecule has 0 fully saturated rings. The van der Waals surface area contributed by atoms with Crippen LogP contribution in [0.1, 0.15) is 27.6 Å². The number of rotatable bonds is 8. The molecular weight excluding hydrogens is 332 g/mol. The van der Waals surface area contributed by atoms with E-state index in [4.69, 9.17) is 4.74 Å². The lowest BCUT2D eigenvalue weighted by atomic mass is 10.1. The molecule has 0 unspecified atom stereocenters. The Morgan fingerprint density at radius 1 is 1.19 bits per heavy atom. The van der Waals surface area contributed by atoms with Crippen LogP contribution < -0.4 is 10.6 Å². The van der Waals surface area contributed by atoms with Crippen LogP contribution in [0.5, 0.6) is 0 Å². The van der Waals surface area contributed by atoms with Gasteiger partial charge in [-0.3, -0.25) is 4.79 Å². The second-order valence-electron chi connectivity index (χ2n) is 5.88. The predicted molar refractivity (Wildman–Crippen MR) is 101 cm³/mol. The lowest BCUT2D eigenvalue weighted by molar-refractivity contribution is 0.0527. The molecule has 0 atom stereocenters. The average Bonchev–Trinajstić information content (AvgIpc) is 2.62. The Hall–Kier alpha value is -2.93. The summed E-state index contributed by atoms with van der Waals surface area (Å²) in [4.78, 5) is 30.5. The molecule has 0 spiro atoms. The second kappa shape index (κ2) is 9.53. The molecule has 0 saturated carbocycles. The van der Waals surface area contributed by atoms with Gasteiger partial charge in [0, 0.05) is 24.8 Å². The van der Waals surface area contributed by atoms with Crippen molar-refractivity contribution in [3.63, 3.8) is 0 Å². The van der Waals surface area contributed by atoms with Crippen molar-refractivity contribution in [3.05, 3.63) is 53.7 Å². The normalized spacial score (nSPS) is 10.5. The number of nitrogens with zero attached hydrogens (tertiary/aromatic N) is 2. The van der Waals surface area contributed by atoms with Gasteiger partial charge < -0.3 is 20.3 Å². The van der Waals surface area contributed by atoms with Crippen LogP contribution in [0.25, 0.3) is 0 Å². The van der Waals surface area contributed by atoms with Gasteiger partial charge in [-0.15, -0.1) is 0 Å². The highest BCUT2D eigenvalue weighted by molar-refractivity contribution is 5.97. The summed E-state index contributed by atoms with van der Waals surface area (Å²) >= 11 is 0. The summed E-state index contributed by atoms with van der Waals surface area (Å²) in [6, 6.07) is 10.3. The summed E-state index contributed by atoms with van der Waals surface area (Å²) in [5.74, 6) is -0.105. The Kier molecular flexibility index (Phi) is 7.11. The first-order chi connectivity index (χ1) is 12.5. The second-order valence-corrected chi connectivity index (χ2v) is 5.88. The number of ether oxygens (including phenoxy) is 1. The van der Waals surface area contributed by atoms with E-state index in [0.29, 0.717) is 35.8 Å². The quantitative estimate of drug-likeness (QED) is 0.706. The minimum absolute atomic E-state index is 0.170. The first-order valence-corrected chi connectivity index (χ1v) is 8.43. The lowest BCUT2D eigenvalue weighted by Gasteiger charge is -2.12. The lowest BCUT2D eigenvalue weighted by Crippen LogP contribution is -2.31. The van der Waals surface area contributed by atoms with Crippen LogP contribution >= 0.6 is 0 Å². The van der Waals surface area contributed by atoms with Gasteiger partial charge in [0.2, 0.25) is 0 Å². The van der Waals surface area contributed by atoms with Crippen LogP contribution in [0.3, 0.4) is 0 Å². The molecular formula is C19H24N4O3. The van der Waals surface area contributed by atoms with Crippen molar-refractivity contribution in [2.24, 2.45) is 0 Å². The average molecular weight is 356 g/mol. The maximum Gasteiger partial charge on any atom is 0.340 e. The van der Waals surface area contributed by atoms with Gasteiger partial charge in [0.15, 0.2) is 0 Å². The van der Waals surface area contributed by atoms with E-state index in [1.807, 2.05) is 25.1 Å². The summed E-state index contributed by atoms with van der Waals surface area (Å²) in [5.41, 5.74) is 1.48. The minimum Gasteiger partial charge on any atom is -0.462 e. The molecule has 2 aromatic rings. The standard InChI is InChI=1S/C19H24N4O3/c1-4-26-19(25)15-7-5-6-8-16(15)22-17-13-14(9-10-20-17)18(24)21-11-12-23(2)3/h5-10,13H,4,11-12H2,1-3H3,(H,20,22)(H,21,24). The van der Waals surface area contributed by atoms with Crippen LogP contribution in [-0.4, -0.2) is 55.6 Å². The predicted octanol–water partition coefficient (Wildman–Crippen LogP) is 2.29. The molecule has 1 aromatic carbocycles. The molecule has 0 radical (unpaired) electrons. The highest BCUT2D eigenvalue weighted by Crippen LogP contribution is 2.21. The highest BCUT2D eigenvalue weighted by Gasteiger charge is 2.13. The first kappa shape index (κ1) is 19.4. The van der Waals surface area contributed by atoms with Crippen LogP contribution in [0.4, 0.5) is 11.5 Å². The SMILES string of the molecule is CCOC(=O)c1ccccc1Nc1cc(C(=O)NCCN(C)C)ccn1. The third-order valence-corrected chi connectivity index (χ3v) is 3.55. The molecule has 0 saturated heterocycles. The molecule has 7 heteroatoms. The van der Waals surface area contributed by atoms with Gasteiger partial charge in [-0.1, -0.05) is 12.1 Å². The van der Waals surface area contributed by atoms with Crippen LogP contribution in [-0.2, 0) is 4.74 Å². The van der Waals surface area contributed by atoms with Crippen molar-refractivity contribution in [2.75, 3.05) is 39.1 Å². The van der Waals surface area contributed by atoms with Crippen molar-refractivity contribution in [3.8, 4) is 0 Å². The van der Waals surface area contributed by atoms with E-state index in [1.165, 1.54) is 0 Å². The number of carbonyl (C=O) groups excluding carboxylic acids is 2. The van der Waals surface area contributed by atoms with Crippen molar-refractivity contribution >= 4 is 23.4 Å². The van der Waals surface area contributed by atoms with Crippen LogP contribution in [0.15, 0.2) is 42.6 Å². The molecule has 1 aromatic heterocycles. The molecule has 26 heavy (non-hydrogen) atoms. The van der Waals surface area contributed by atoms with Gasteiger partial charge in [-0.25, -0.2) is 9.78 Å². The van der Waals surface area contributed by atoms with E-state index in [9.17, 15) is 9.59 Å². The maximum atomic E-state index is 12.2. The van der Waals surface area contributed by atoms with E-state index >= 15 is 0 Å². The zero-order valence-corrected chi connectivity index (χ0v) is 15.3. The van der Waals surface area contributed by atoms with Gasteiger partial charge in [0.25, 0.3) is 5.91 Å². The Bertz CT molecular complexity index is 762. The Morgan fingerprint density at radius 2 is 1.96 bits per heavy atom.